The Morgan fingerprint density at radius 3 is 2.18 bits per heavy atom. The third-order valence-corrected chi connectivity index (χ3v) is 4.93. The Morgan fingerprint density at radius 2 is 1.64 bits per heavy atom. The lowest BCUT2D eigenvalue weighted by molar-refractivity contribution is -0.386. The summed E-state index contributed by atoms with van der Waals surface area (Å²) in [5, 5.41) is 82.7. The molecule has 0 aromatic carbocycles. The summed E-state index contributed by atoms with van der Waals surface area (Å²) in [5.41, 5.74) is 8.51. The van der Waals surface area contributed by atoms with Crippen molar-refractivity contribution >= 4 is 0 Å². The summed E-state index contributed by atoms with van der Waals surface area (Å²) in [6, 6.07) is -1.36. The molecule has 2 saturated heterocycles. The van der Waals surface area contributed by atoms with Crippen molar-refractivity contribution in [2.24, 2.45) is 5.11 Å². The first-order valence-corrected chi connectivity index (χ1v) is 8.49. The highest BCUT2D eigenvalue weighted by molar-refractivity contribution is 5.02. The number of rotatable bonds is 6. The molecule has 2 rings (SSSR count). The highest BCUT2D eigenvalue weighted by Crippen LogP contribution is 2.35. The molecular weight excluding hydrogens is 386 g/mol. The molecule has 14 heteroatoms. The monoisotopic (exact) mass is 411 g/mol. The summed E-state index contributed by atoms with van der Waals surface area (Å²) >= 11 is 0. The molecule has 0 saturated carbocycles. The Labute approximate surface area is 158 Å². The van der Waals surface area contributed by atoms with Gasteiger partial charge in [-0.15, -0.1) is 0 Å². The minimum Gasteiger partial charge on any atom is -0.394 e. The molecule has 0 amide bonds. The van der Waals surface area contributed by atoms with Crippen LogP contribution in [0.25, 0.3) is 10.4 Å². The summed E-state index contributed by atoms with van der Waals surface area (Å²) in [4.78, 5) is 2.49. The molecule has 0 aliphatic carbocycles. The predicted molar refractivity (Wildman–Crippen MR) is 86.2 cm³/mol. The van der Waals surface area contributed by atoms with Gasteiger partial charge >= 0.3 is 0 Å². The van der Waals surface area contributed by atoms with E-state index in [4.69, 9.17) is 19.7 Å². The Hall–Kier alpha value is -1.13. The number of hydrogen-bond donors (Lipinski definition) is 8. The van der Waals surface area contributed by atoms with Crippen LogP contribution < -0.4 is 0 Å². The molecule has 0 bridgehead atoms. The van der Waals surface area contributed by atoms with Gasteiger partial charge in [-0.3, -0.25) is 0 Å². The van der Waals surface area contributed by atoms with Crippen molar-refractivity contribution < 1.29 is 55.1 Å². The second-order valence-corrected chi connectivity index (χ2v) is 6.71. The molecule has 2 heterocycles. The molecule has 0 radical (unpaired) electrons. The smallest absolute Gasteiger partial charge is 0.203 e. The van der Waals surface area contributed by atoms with Gasteiger partial charge in [0.25, 0.3) is 0 Å². The second kappa shape index (κ2) is 9.13. The minimum absolute atomic E-state index is 0.718. The molecule has 162 valence electrons. The van der Waals surface area contributed by atoms with Gasteiger partial charge in [0.1, 0.15) is 48.8 Å². The van der Waals surface area contributed by atoms with Crippen LogP contribution in [0.1, 0.15) is 6.92 Å². The van der Waals surface area contributed by atoms with E-state index < -0.39 is 80.2 Å². The predicted octanol–water partition coefficient (Wildman–Crippen LogP) is -4.33. The fourth-order valence-corrected chi connectivity index (χ4v) is 3.17. The van der Waals surface area contributed by atoms with E-state index in [0.717, 1.165) is 0 Å². The molecule has 2 fully saturated rings. The van der Waals surface area contributed by atoms with Crippen LogP contribution in [0.3, 0.4) is 0 Å². The van der Waals surface area contributed by atoms with Gasteiger partial charge in [0.2, 0.25) is 5.79 Å². The summed E-state index contributed by atoms with van der Waals surface area (Å²) in [6.07, 6.45) is -15.1. The molecule has 0 spiro atoms. The van der Waals surface area contributed by atoms with Crippen LogP contribution in [0.4, 0.5) is 0 Å². The van der Waals surface area contributed by atoms with Crippen molar-refractivity contribution in [3.05, 3.63) is 10.4 Å². The van der Waals surface area contributed by atoms with Crippen LogP contribution in [0.2, 0.25) is 0 Å². The zero-order valence-electron chi connectivity index (χ0n) is 14.8. The third-order valence-electron chi connectivity index (χ3n) is 4.93. The van der Waals surface area contributed by atoms with Gasteiger partial charge in [-0.05, 0) is 5.53 Å². The first-order valence-electron chi connectivity index (χ1n) is 8.49. The lowest BCUT2D eigenvalue weighted by atomic mass is 9.88. The third kappa shape index (κ3) is 4.09. The van der Waals surface area contributed by atoms with Crippen LogP contribution in [0, 0.1) is 0 Å². The normalized spacial score (nSPS) is 48.0. The van der Waals surface area contributed by atoms with E-state index in [-0.39, 0.29) is 0 Å². The number of hydrogen-bond acceptors (Lipinski definition) is 12. The van der Waals surface area contributed by atoms with Crippen LogP contribution in [0.5, 0.6) is 0 Å². The molecule has 8 N–H and O–H groups in total. The summed E-state index contributed by atoms with van der Waals surface area (Å²) in [5.74, 6) is -2.55. The molecule has 0 aromatic heterocycles. The average molecular weight is 411 g/mol. The van der Waals surface area contributed by atoms with Crippen LogP contribution in [-0.2, 0) is 14.2 Å². The molecular formula is C14H25N3O11. The lowest BCUT2D eigenvalue weighted by Gasteiger charge is -2.50. The van der Waals surface area contributed by atoms with E-state index in [9.17, 15) is 40.9 Å². The van der Waals surface area contributed by atoms with Gasteiger partial charge in [0.05, 0.1) is 19.3 Å². The second-order valence-electron chi connectivity index (χ2n) is 6.71. The van der Waals surface area contributed by atoms with E-state index in [1.165, 1.54) is 6.92 Å². The zero-order chi connectivity index (χ0) is 21.2. The van der Waals surface area contributed by atoms with Gasteiger partial charge < -0.3 is 55.1 Å². The zero-order valence-corrected chi connectivity index (χ0v) is 14.8. The Kier molecular flexibility index (Phi) is 7.55. The molecule has 2 aliphatic rings. The van der Waals surface area contributed by atoms with E-state index in [1.807, 2.05) is 0 Å². The van der Waals surface area contributed by atoms with Gasteiger partial charge in [0.15, 0.2) is 6.29 Å². The molecule has 0 aromatic rings. The maximum atomic E-state index is 10.5. The molecule has 2 aliphatic heterocycles. The topological polar surface area (TPSA) is 238 Å². The summed E-state index contributed by atoms with van der Waals surface area (Å²) < 4.78 is 15.7. The minimum atomic E-state index is -2.55. The van der Waals surface area contributed by atoms with Crippen molar-refractivity contribution in [2.45, 2.75) is 73.9 Å². The number of azide groups is 1. The Bertz CT molecular complexity index is 575. The lowest BCUT2D eigenvalue weighted by Crippen LogP contribution is -2.70. The number of aliphatic hydroxyl groups excluding tert-OH is 7. The van der Waals surface area contributed by atoms with Crippen LogP contribution in [-0.4, -0.2) is 121 Å². The van der Waals surface area contributed by atoms with E-state index in [1.54, 1.807) is 0 Å². The van der Waals surface area contributed by atoms with Crippen LogP contribution in [0.15, 0.2) is 5.11 Å². The maximum Gasteiger partial charge on any atom is 0.203 e. The van der Waals surface area contributed by atoms with Crippen molar-refractivity contribution in [1.29, 1.82) is 0 Å². The molecule has 11 atom stereocenters. The standard InChI is InChI=1S/C14H25N3O11/c1-4(16-17-15)14(25)12(24)10(23)11(6(3-19)28-14)27-13-9(22)8(21)7(20)5(2-18)26-13/h4-13,18-25H,2-3H2,1H3/t4?,5-,6-,7?,8?,9?,10+,11-,12+,13?,14?/m1/s1. The Balaban J connectivity index is 2.22. The summed E-state index contributed by atoms with van der Waals surface area (Å²) in [6.45, 7) is -0.329. The van der Waals surface area contributed by atoms with Gasteiger partial charge in [0, 0.05) is 4.91 Å². The SMILES string of the molecule is CC(N=[N+]=[N-])C1(O)O[C@H](CO)[C@@H](OC2O[C@H](CO)C(O)C(O)C2O)[C@H](O)[C@@H]1O. The number of nitrogens with zero attached hydrogens (tertiary/aromatic N) is 3. The largest absolute Gasteiger partial charge is 0.394 e. The van der Waals surface area contributed by atoms with Crippen molar-refractivity contribution in [3.8, 4) is 0 Å². The van der Waals surface area contributed by atoms with Crippen LogP contribution >= 0.6 is 0 Å². The molecule has 14 nitrogen and oxygen atoms in total. The highest BCUT2D eigenvalue weighted by Gasteiger charge is 2.57. The van der Waals surface area contributed by atoms with Crippen molar-refractivity contribution in [3.63, 3.8) is 0 Å². The van der Waals surface area contributed by atoms with E-state index in [0.29, 0.717) is 0 Å². The molecule has 6 unspecified atom stereocenters. The Morgan fingerprint density at radius 1 is 1.04 bits per heavy atom. The van der Waals surface area contributed by atoms with Gasteiger partial charge in [-0.1, -0.05) is 12.0 Å². The van der Waals surface area contributed by atoms with Crippen molar-refractivity contribution in [2.75, 3.05) is 13.2 Å². The highest BCUT2D eigenvalue weighted by atomic mass is 16.7. The van der Waals surface area contributed by atoms with E-state index >= 15 is 0 Å². The van der Waals surface area contributed by atoms with Gasteiger partial charge in [-0.2, -0.15) is 0 Å². The quantitative estimate of drug-likeness (QED) is 0.118. The van der Waals surface area contributed by atoms with Crippen molar-refractivity contribution in [1.82, 2.24) is 0 Å². The van der Waals surface area contributed by atoms with E-state index in [2.05, 4.69) is 10.0 Å². The fraction of sp³-hybridized carbons (Fsp3) is 1.00. The average Bonchev–Trinajstić information content (AvgIpc) is 2.68. The number of aliphatic hydroxyl groups is 8. The maximum absolute atomic E-state index is 10.5. The first-order chi connectivity index (χ1) is 13.1. The first kappa shape index (κ1) is 23.2. The van der Waals surface area contributed by atoms with Gasteiger partial charge in [-0.25, -0.2) is 0 Å². The number of ether oxygens (including phenoxy) is 3. The summed E-state index contributed by atoms with van der Waals surface area (Å²) in [7, 11) is 0. The fourth-order valence-electron chi connectivity index (χ4n) is 3.17. The molecule has 28 heavy (non-hydrogen) atoms.